The number of hydrogen-bond donors (Lipinski definition) is 3. The molecule has 38 heavy (non-hydrogen) atoms. The van der Waals surface area contributed by atoms with Gasteiger partial charge in [0.25, 0.3) is 0 Å². The van der Waals surface area contributed by atoms with E-state index in [4.69, 9.17) is 0 Å². The summed E-state index contributed by atoms with van der Waals surface area (Å²) in [4.78, 5) is 12.1. The Morgan fingerprint density at radius 3 is 1.58 bits per heavy atom. The lowest BCUT2D eigenvalue weighted by Gasteiger charge is -2.19. The summed E-state index contributed by atoms with van der Waals surface area (Å²) in [6.45, 7) is 4.00. The van der Waals surface area contributed by atoms with Gasteiger partial charge in [-0.05, 0) is 64.2 Å². The minimum absolute atomic E-state index is 0.168. The van der Waals surface area contributed by atoms with Crippen LogP contribution in [0.25, 0.3) is 0 Å². The Labute approximate surface area is 233 Å². The second kappa shape index (κ2) is 28.9. The first-order valence-corrected chi connectivity index (χ1v) is 14.5. The molecule has 4 nitrogen and oxygen atoms in total. The van der Waals surface area contributed by atoms with Gasteiger partial charge in [-0.15, -0.1) is 0 Å². The molecule has 1 amide bonds. The molecule has 0 fully saturated rings. The average Bonchev–Trinajstić information content (AvgIpc) is 2.92. The van der Waals surface area contributed by atoms with Crippen molar-refractivity contribution < 1.29 is 15.0 Å². The second-order valence-corrected chi connectivity index (χ2v) is 9.07. The van der Waals surface area contributed by atoms with E-state index < -0.39 is 12.1 Å². The topological polar surface area (TPSA) is 69.6 Å². The number of aliphatic hydroxyl groups excluding tert-OH is 2. The fraction of sp³-hybridized carbons (Fsp3) is 0.500. The number of aliphatic hydroxyl groups is 2. The third-order valence-electron chi connectivity index (χ3n) is 5.55. The SMILES string of the molecule is CC/C=C\C/C=C\C/C=C\C/C=C\C/C=C\C/C=C\CCC(=O)NC(CO)C(O)/C=C/CC/C=C/CCC. The van der Waals surface area contributed by atoms with Crippen molar-refractivity contribution in [1.82, 2.24) is 5.32 Å². The summed E-state index contributed by atoms with van der Waals surface area (Å²) in [6.07, 6.45) is 43.6. The fourth-order valence-electron chi connectivity index (χ4n) is 3.34. The quantitative estimate of drug-likeness (QED) is 0.0939. The maximum absolute atomic E-state index is 12.1. The Kier molecular flexibility index (Phi) is 26.8. The van der Waals surface area contributed by atoms with E-state index in [1.54, 1.807) is 6.08 Å². The average molecular weight is 524 g/mol. The summed E-state index contributed by atoms with van der Waals surface area (Å²) in [5, 5.41) is 22.5. The van der Waals surface area contributed by atoms with Crippen molar-refractivity contribution in [2.24, 2.45) is 0 Å². The van der Waals surface area contributed by atoms with Crippen molar-refractivity contribution in [3.05, 3.63) is 97.2 Å². The van der Waals surface area contributed by atoms with Gasteiger partial charge < -0.3 is 15.5 Å². The van der Waals surface area contributed by atoms with Crippen LogP contribution in [0.2, 0.25) is 0 Å². The molecule has 2 unspecified atom stereocenters. The number of amides is 1. The summed E-state index contributed by atoms with van der Waals surface area (Å²) in [6, 6.07) is -0.681. The van der Waals surface area contributed by atoms with Crippen LogP contribution in [-0.2, 0) is 4.79 Å². The Morgan fingerprint density at radius 1 is 0.632 bits per heavy atom. The van der Waals surface area contributed by atoms with Gasteiger partial charge >= 0.3 is 0 Å². The number of hydrogen-bond acceptors (Lipinski definition) is 3. The van der Waals surface area contributed by atoms with Crippen LogP contribution >= 0.6 is 0 Å². The highest BCUT2D eigenvalue weighted by molar-refractivity contribution is 5.76. The molecule has 0 aliphatic heterocycles. The molecule has 0 spiro atoms. The lowest BCUT2D eigenvalue weighted by atomic mass is 10.1. The number of allylic oxidation sites excluding steroid dienone is 15. The monoisotopic (exact) mass is 523 g/mol. The van der Waals surface area contributed by atoms with E-state index in [-0.39, 0.29) is 12.5 Å². The van der Waals surface area contributed by atoms with Gasteiger partial charge in [0, 0.05) is 6.42 Å². The maximum Gasteiger partial charge on any atom is 0.220 e. The van der Waals surface area contributed by atoms with Crippen LogP contribution in [0.5, 0.6) is 0 Å². The standard InChI is InChI=1S/C34H53NO3/c1-3-5-7-9-11-12-13-14-15-16-17-18-19-20-21-22-24-26-28-30-34(38)35-32(31-36)33(37)29-27-25-23-10-8-6-4-2/h5,7-8,10-12,14-15,17-18,20-21,24,26-27,29,32-33,36-37H,3-4,6,9,13,16,19,22-23,25,28,30-31H2,1-2H3,(H,35,38)/b7-5-,10-8+,12-11-,15-14-,18-17-,21-20-,26-24-,29-27+. The molecule has 0 aromatic rings. The van der Waals surface area contributed by atoms with Crippen LogP contribution < -0.4 is 5.32 Å². The zero-order valence-corrected chi connectivity index (χ0v) is 23.9. The number of carbonyl (C=O) groups is 1. The summed E-state index contributed by atoms with van der Waals surface area (Å²) < 4.78 is 0. The number of carbonyl (C=O) groups excluding carboxylic acids is 1. The lowest BCUT2D eigenvalue weighted by molar-refractivity contribution is -0.122. The Balaban J connectivity index is 3.92. The van der Waals surface area contributed by atoms with E-state index in [9.17, 15) is 15.0 Å². The third-order valence-corrected chi connectivity index (χ3v) is 5.55. The molecule has 0 aliphatic carbocycles. The molecule has 0 aromatic carbocycles. The van der Waals surface area contributed by atoms with Crippen molar-refractivity contribution in [2.75, 3.05) is 6.61 Å². The summed E-state index contributed by atoms with van der Waals surface area (Å²) in [5.74, 6) is -0.168. The number of unbranched alkanes of at least 4 members (excludes halogenated alkanes) is 2. The molecule has 212 valence electrons. The van der Waals surface area contributed by atoms with E-state index in [0.29, 0.717) is 12.8 Å². The molecule has 0 aliphatic rings. The van der Waals surface area contributed by atoms with Crippen LogP contribution in [0, 0.1) is 0 Å². The normalized spacial score (nSPS) is 14.7. The lowest BCUT2D eigenvalue weighted by Crippen LogP contribution is -2.45. The first-order valence-electron chi connectivity index (χ1n) is 14.5. The second-order valence-electron chi connectivity index (χ2n) is 9.07. The predicted octanol–water partition coefficient (Wildman–Crippen LogP) is 8.00. The zero-order valence-electron chi connectivity index (χ0n) is 23.9. The summed E-state index contributed by atoms with van der Waals surface area (Å²) in [5.41, 5.74) is 0. The summed E-state index contributed by atoms with van der Waals surface area (Å²) >= 11 is 0. The largest absolute Gasteiger partial charge is 0.394 e. The van der Waals surface area contributed by atoms with Crippen LogP contribution in [0.1, 0.15) is 90.9 Å². The number of nitrogens with one attached hydrogen (secondary N) is 1. The zero-order chi connectivity index (χ0) is 27.9. The molecule has 0 saturated heterocycles. The molecule has 3 N–H and O–H groups in total. The maximum atomic E-state index is 12.1. The Bertz CT molecular complexity index is 784. The molecule has 2 atom stereocenters. The van der Waals surface area contributed by atoms with Gasteiger partial charge in [0.15, 0.2) is 0 Å². The van der Waals surface area contributed by atoms with Crippen LogP contribution in [-0.4, -0.2) is 34.9 Å². The van der Waals surface area contributed by atoms with Gasteiger partial charge in [-0.25, -0.2) is 0 Å². The predicted molar refractivity (Wildman–Crippen MR) is 165 cm³/mol. The van der Waals surface area contributed by atoms with Gasteiger partial charge in [-0.2, -0.15) is 0 Å². The Morgan fingerprint density at radius 2 is 1.08 bits per heavy atom. The molecular formula is C34H53NO3. The van der Waals surface area contributed by atoms with E-state index in [1.165, 1.54) is 0 Å². The van der Waals surface area contributed by atoms with Crippen molar-refractivity contribution in [3.8, 4) is 0 Å². The molecule has 0 radical (unpaired) electrons. The van der Waals surface area contributed by atoms with Gasteiger partial charge in [0.05, 0.1) is 18.8 Å². The van der Waals surface area contributed by atoms with E-state index in [1.807, 2.05) is 12.2 Å². The van der Waals surface area contributed by atoms with Crippen molar-refractivity contribution >= 4 is 5.91 Å². The first-order chi connectivity index (χ1) is 18.7. The fourth-order valence-corrected chi connectivity index (χ4v) is 3.34. The summed E-state index contributed by atoms with van der Waals surface area (Å²) in [7, 11) is 0. The minimum atomic E-state index is -0.894. The highest BCUT2D eigenvalue weighted by Gasteiger charge is 2.17. The van der Waals surface area contributed by atoms with Crippen LogP contribution in [0.4, 0.5) is 0 Å². The molecule has 0 aromatic heterocycles. The van der Waals surface area contributed by atoms with E-state index in [2.05, 4.69) is 98.2 Å². The van der Waals surface area contributed by atoms with Crippen LogP contribution in [0.15, 0.2) is 97.2 Å². The van der Waals surface area contributed by atoms with Crippen molar-refractivity contribution in [3.63, 3.8) is 0 Å². The van der Waals surface area contributed by atoms with Crippen molar-refractivity contribution in [2.45, 2.75) is 103 Å². The molecule has 0 rings (SSSR count). The molecule has 0 heterocycles. The number of rotatable bonds is 23. The third kappa shape index (κ3) is 25.0. The highest BCUT2D eigenvalue weighted by atomic mass is 16.3. The van der Waals surface area contributed by atoms with Gasteiger partial charge in [0.2, 0.25) is 5.91 Å². The van der Waals surface area contributed by atoms with Gasteiger partial charge in [-0.3, -0.25) is 4.79 Å². The molecular weight excluding hydrogens is 470 g/mol. The smallest absolute Gasteiger partial charge is 0.220 e. The van der Waals surface area contributed by atoms with Gasteiger partial charge in [-0.1, -0.05) is 117 Å². The molecule has 0 saturated carbocycles. The van der Waals surface area contributed by atoms with Crippen molar-refractivity contribution in [1.29, 1.82) is 0 Å². The van der Waals surface area contributed by atoms with Gasteiger partial charge in [0.1, 0.15) is 0 Å². The molecule has 0 bridgehead atoms. The minimum Gasteiger partial charge on any atom is -0.394 e. The van der Waals surface area contributed by atoms with E-state index in [0.717, 1.165) is 64.2 Å². The highest BCUT2D eigenvalue weighted by Crippen LogP contribution is 2.02. The Hall–Kier alpha value is -2.69. The van der Waals surface area contributed by atoms with E-state index >= 15 is 0 Å². The molecule has 4 heteroatoms. The first kappa shape index (κ1) is 35.3. The van der Waals surface area contributed by atoms with Crippen LogP contribution in [0.3, 0.4) is 0 Å².